The molecule has 1 atom stereocenters. The highest BCUT2D eigenvalue weighted by Gasteiger charge is 2.39. The molecule has 136 valence electrons. The van der Waals surface area contributed by atoms with Gasteiger partial charge >= 0.3 is 0 Å². The third-order valence-electron chi connectivity index (χ3n) is 6.16. The summed E-state index contributed by atoms with van der Waals surface area (Å²) in [6.07, 6.45) is 6.97. The molecule has 3 fully saturated rings. The first-order chi connectivity index (χ1) is 10.8. The van der Waals surface area contributed by atoms with Gasteiger partial charge in [-0.2, -0.15) is 0 Å². The molecule has 1 unspecified atom stereocenters. The fourth-order valence-electron chi connectivity index (χ4n) is 4.84. The van der Waals surface area contributed by atoms with Crippen LogP contribution in [-0.2, 0) is 0 Å². The van der Waals surface area contributed by atoms with E-state index in [1.807, 2.05) is 0 Å². The second-order valence-electron chi connectivity index (χ2n) is 7.55. The lowest BCUT2D eigenvalue weighted by atomic mass is 9.72. The molecule has 1 aromatic rings. The molecule has 0 saturated carbocycles. The number of likely N-dealkylation sites (tertiary alicyclic amines) is 1. The van der Waals surface area contributed by atoms with Gasteiger partial charge in [0.2, 0.25) is 0 Å². The minimum atomic E-state index is 0. The largest absolute Gasteiger partial charge is 0.370 e. The van der Waals surface area contributed by atoms with Crippen LogP contribution in [0.4, 0.5) is 5.69 Å². The van der Waals surface area contributed by atoms with Gasteiger partial charge in [-0.15, -0.1) is 24.8 Å². The van der Waals surface area contributed by atoms with Crippen molar-refractivity contribution in [2.24, 2.45) is 5.41 Å². The number of rotatable bonds is 2. The average molecular weight is 372 g/mol. The zero-order valence-electron chi connectivity index (χ0n) is 14.5. The minimum Gasteiger partial charge on any atom is -0.370 e. The van der Waals surface area contributed by atoms with Gasteiger partial charge in [0.15, 0.2) is 0 Å². The standard InChI is InChI=1S/C19H29N3.2ClH/c1-2-5-17(6-3-1)21-14-7-18(15-21)22-13-4-8-19(16-22)9-11-20-12-10-19;;/h1-3,5-6,18,20H,4,7-16H2;2*1H. The summed E-state index contributed by atoms with van der Waals surface area (Å²) in [5.41, 5.74) is 2.03. The molecular weight excluding hydrogens is 341 g/mol. The summed E-state index contributed by atoms with van der Waals surface area (Å²) in [5, 5.41) is 3.54. The van der Waals surface area contributed by atoms with E-state index in [1.165, 1.54) is 77.1 Å². The van der Waals surface area contributed by atoms with Crippen LogP contribution < -0.4 is 10.2 Å². The van der Waals surface area contributed by atoms with Crippen LogP contribution in [0.5, 0.6) is 0 Å². The van der Waals surface area contributed by atoms with Gasteiger partial charge in [0.1, 0.15) is 0 Å². The molecule has 3 aliphatic heterocycles. The molecule has 0 aromatic heterocycles. The number of hydrogen-bond donors (Lipinski definition) is 1. The van der Waals surface area contributed by atoms with Gasteiger partial charge in [-0.1, -0.05) is 18.2 Å². The van der Waals surface area contributed by atoms with E-state index in [-0.39, 0.29) is 24.8 Å². The first-order valence-electron chi connectivity index (χ1n) is 9.10. The van der Waals surface area contributed by atoms with Crippen molar-refractivity contribution in [3.05, 3.63) is 30.3 Å². The topological polar surface area (TPSA) is 18.5 Å². The summed E-state index contributed by atoms with van der Waals surface area (Å²) < 4.78 is 0. The van der Waals surface area contributed by atoms with Gasteiger partial charge in [0, 0.05) is 31.4 Å². The van der Waals surface area contributed by atoms with Gasteiger partial charge < -0.3 is 10.2 Å². The van der Waals surface area contributed by atoms with Crippen LogP contribution in [0, 0.1) is 5.41 Å². The summed E-state index contributed by atoms with van der Waals surface area (Å²) in [5.74, 6) is 0. The fraction of sp³-hybridized carbons (Fsp3) is 0.684. The number of piperidine rings is 2. The quantitative estimate of drug-likeness (QED) is 0.856. The van der Waals surface area contributed by atoms with Crippen molar-refractivity contribution in [2.45, 2.75) is 38.1 Å². The van der Waals surface area contributed by atoms with Gasteiger partial charge in [-0.05, 0) is 69.3 Å². The number of hydrogen-bond acceptors (Lipinski definition) is 3. The smallest absolute Gasteiger partial charge is 0.0366 e. The van der Waals surface area contributed by atoms with Crippen molar-refractivity contribution < 1.29 is 0 Å². The molecule has 0 amide bonds. The number of anilines is 1. The summed E-state index contributed by atoms with van der Waals surface area (Å²) in [6, 6.07) is 11.7. The fourth-order valence-corrected chi connectivity index (χ4v) is 4.84. The van der Waals surface area contributed by atoms with Crippen molar-refractivity contribution in [1.82, 2.24) is 10.2 Å². The Morgan fingerprint density at radius 3 is 2.46 bits per heavy atom. The zero-order chi connectivity index (χ0) is 14.8. The van der Waals surface area contributed by atoms with Crippen molar-refractivity contribution >= 4 is 30.5 Å². The predicted molar refractivity (Wildman–Crippen MR) is 107 cm³/mol. The second-order valence-corrected chi connectivity index (χ2v) is 7.55. The number of para-hydroxylation sites is 1. The molecule has 0 bridgehead atoms. The lowest BCUT2D eigenvalue weighted by Crippen LogP contribution is -2.52. The van der Waals surface area contributed by atoms with E-state index in [0.29, 0.717) is 5.41 Å². The molecule has 5 heteroatoms. The van der Waals surface area contributed by atoms with Crippen LogP contribution >= 0.6 is 24.8 Å². The SMILES string of the molecule is Cl.Cl.c1ccc(N2CCC(N3CCCC4(CCNCC4)C3)C2)cc1. The van der Waals surface area contributed by atoms with Crippen molar-refractivity contribution in [2.75, 3.05) is 44.2 Å². The molecular formula is C19H31Cl2N3. The Kier molecular flexibility index (Phi) is 7.23. The first kappa shape index (κ1) is 19.8. The molecule has 3 aliphatic rings. The maximum absolute atomic E-state index is 3.54. The van der Waals surface area contributed by atoms with E-state index >= 15 is 0 Å². The third-order valence-corrected chi connectivity index (χ3v) is 6.16. The molecule has 4 rings (SSSR count). The molecule has 3 heterocycles. The van der Waals surface area contributed by atoms with Gasteiger partial charge in [-0.3, -0.25) is 4.90 Å². The van der Waals surface area contributed by atoms with Gasteiger partial charge in [0.25, 0.3) is 0 Å². The average Bonchev–Trinajstić information content (AvgIpc) is 3.07. The van der Waals surface area contributed by atoms with Crippen LogP contribution in [-0.4, -0.2) is 50.2 Å². The Morgan fingerprint density at radius 2 is 1.71 bits per heavy atom. The normalized spacial score (nSPS) is 26.7. The zero-order valence-corrected chi connectivity index (χ0v) is 16.1. The number of halogens is 2. The first-order valence-corrected chi connectivity index (χ1v) is 9.10. The maximum atomic E-state index is 3.54. The van der Waals surface area contributed by atoms with E-state index in [9.17, 15) is 0 Å². The van der Waals surface area contributed by atoms with Crippen LogP contribution in [0.3, 0.4) is 0 Å². The highest BCUT2D eigenvalue weighted by atomic mass is 35.5. The highest BCUT2D eigenvalue weighted by molar-refractivity contribution is 5.85. The molecule has 1 N–H and O–H groups in total. The Labute approximate surface area is 159 Å². The molecule has 3 nitrogen and oxygen atoms in total. The van der Waals surface area contributed by atoms with E-state index in [2.05, 4.69) is 45.4 Å². The monoisotopic (exact) mass is 371 g/mol. The van der Waals surface area contributed by atoms with Crippen LogP contribution in [0.25, 0.3) is 0 Å². The summed E-state index contributed by atoms with van der Waals surface area (Å²) in [6.45, 7) is 7.58. The van der Waals surface area contributed by atoms with Crippen LogP contribution in [0.1, 0.15) is 32.1 Å². The Morgan fingerprint density at radius 1 is 0.958 bits per heavy atom. The highest BCUT2D eigenvalue weighted by Crippen LogP contribution is 2.39. The minimum absolute atomic E-state index is 0. The van der Waals surface area contributed by atoms with Crippen molar-refractivity contribution in [3.63, 3.8) is 0 Å². The third kappa shape index (κ3) is 4.19. The Bertz CT molecular complexity index is 485. The molecule has 24 heavy (non-hydrogen) atoms. The lowest BCUT2D eigenvalue weighted by molar-refractivity contribution is 0.0383. The number of benzene rings is 1. The van der Waals surface area contributed by atoms with E-state index in [4.69, 9.17) is 0 Å². The van der Waals surface area contributed by atoms with E-state index < -0.39 is 0 Å². The van der Waals surface area contributed by atoms with Gasteiger partial charge in [-0.25, -0.2) is 0 Å². The van der Waals surface area contributed by atoms with E-state index in [1.54, 1.807) is 0 Å². The van der Waals surface area contributed by atoms with E-state index in [0.717, 1.165) is 6.04 Å². The predicted octanol–water partition coefficient (Wildman–Crippen LogP) is 3.57. The Hall–Kier alpha value is -0.480. The van der Waals surface area contributed by atoms with Crippen molar-refractivity contribution in [1.29, 1.82) is 0 Å². The second kappa shape index (κ2) is 8.75. The number of nitrogens with one attached hydrogen (secondary N) is 1. The molecule has 1 spiro atoms. The summed E-state index contributed by atoms with van der Waals surface area (Å²) in [7, 11) is 0. The lowest BCUT2D eigenvalue weighted by Gasteiger charge is -2.47. The molecule has 3 saturated heterocycles. The molecule has 0 aliphatic carbocycles. The molecule has 0 radical (unpaired) electrons. The van der Waals surface area contributed by atoms with Crippen LogP contribution in [0.15, 0.2) is 30.3 Å². The maximum Gasteiger partial charge on any atom is 0.0366 e. The number of nitrogens with zero attached hydrogens (tertiary/aromatic N) is 2. The summed E-state index contributed by atoms with van der Waals surface area (Å²) >= 11 is 0. The van der Waals surface area contributed by atoms with Gasteiger partial charge in [0.05, 0.1) is 0 Å². The summed E-state index contributed by atoms with van der Waals surface area (Å²) in [4.78, 5) is 5.41. The van der Waals surface area contributed by atoms with Crippen molar-refractivity contribution in [3.8, 4) is 0 Å². The Balaban J connectivity index is 0.00000104. The van der Waals surface area contributed by atoms with Crippen LogP contribution in [0.2, 0.25) is 0 Å². The molecule has 1 aromatic carbocycles.